The van der Waals surface area contributed by atoms with Crippen molar-refractivity contribution in [3.8, 4) is 0 Å². The molecule has 0 aliphatic rings. The van der Waals surface area contributed by atoms with Crippen LogP contribution in [-0.4, -0.2) is 39.9 Å². The van der Waals surface area contributed by atoms with Crippen LogP contribution in [0.2, 0.25) is 0 Å². The lowest BCUT2D eigenvalue weighted by molar-refractivity contribution is 0.0992. The minimum absolute atomic E-state index is 0.0386. The molecule has 18 heavy (non-hydrogen) atoms. The molecule has 0 aliphatic heterocycles. The number of nitrogens with two attached hydrogens (primary N) is 2. The Morgan fingerprint density at radius 3 is 2.67 bits per heavy atom. The van der Waals surface area contributed by atoms with Crippen LogP contribution in [0.5, 0.6) is 0 Å². The fourth-order valence-electron chi connectivity index (χ4n) is 1.37. The van der Waals surface area contributed by atoms with Gasteiger partial charge >= 0.3 is 0 Å². The van der Waals surface area contributed by atoms with E-state index in [0.717, 1.165) is 0 Å². The first-order chi connectivity index (χ1) is 8.46. The van der Waals surface area contributed by atoms with Gasteiger partial charge in [-0.3, -0.25) is 0 Å². The Hall–Kier alpha value is -1.35. The van der Waals surface area contributed by atoms with E-state index in [1.807, 2.05) is 0 Å². The number of ether oxygens (including phenoxy) is 1. The van der Waals surface area contributed by atoms with Crippen molar-refractivity contribution in [3.63, 3.8) is 0 Å². The summed E-state index contributed by atoms with van der Waals surface area (Å²) in [6.07, 6.45) is 0. The average molecular weight is 275 g/mol. The van der Waals surface area contributed by atoms with Gasteiger partial charge in [-0.25, -0.2) is 13.6 Å². The Morgan fingerprint density at radius 2 is 2.06 bits per heavy atom. The molecule has 0 atom stereocenters. The van der Waals surface area contributed by atoms with Crippen LogP contribution < -0.4 is 16.2 Å². The van der Waals surface area contributed by atoms with Crippen molar-refractivity contribution in [1.29, 1.82) is 0 Å². The van der Waals surface area contributed by atoms with Crippen LogP contribution in [0.15, 0.2) is 23.1 Å². The van der Waals surface area contributed by atoms with Gasteiger partial charge in [0.2, 0.25) is 10.0 Å². The third-order valence-corrected chi connectivity index (χ3v) is 3.14. The van der Waals surface area contributed by atoms with E-state index in [-0.39, 0.29) is 23.8 Å². The highest BCUT2D eigenvalue weighted by molar-refractivity contribution is 7.89. The molecule has 0 unspecified atom stereocenters. The molecule has 0 spiro atoms. The molecule has 0 heterocycles. The zero-order valence-electron chi connectivity index (χ0n) is 9.80. The predicted octanol–water partition coefficient (Wildman–Crippen LogP) is -0.663. The number of hydrogen-bond acceptors (Lipinski definition) is 6. The van der Waals surface area contributed by atoms with Crippen LogP contribution in [0.25, 0.3) is 0 Å². The highest BCUT2D eigenvalue weighted by atomic mass is 32.2. The van der Waals surface area contributed by atoms with Crippen LogP contribution in [0.4, 0.5) is 11.4 Å². The smallest absolute Gasteiger partial charge is 0.240 e. The van der Waals surface area contributed by atoms with Crippen molar-refractivity contribution in [2.45, 2.75) is 4.90 Å². The molecule has 1 rings (SSSR count). The van der Waals surface area contributed by atoms with Gasteiger partial charge in [0.15, 0.2) is 0 Å². The number of nitrogen functional groups attached to an aromatic ring is 1. The minimum Gasteiger partial charge on any atom is -0.396 e. The van der Waals surface area contributed by atoms with E-state index in [1.54, 1.807) is 12.1 Å². The van der Waals surface area contributed by atoms with Gasteiger partial charge in [0.25, 0.3) is 0 Å². The summed E-state index contributed by atoms with van der Waals surface area (Å²) in [6, 6.07) is 4.54. The highest BCUT2D eigenvalue weighted by Crippen LogP contribution is 2.25. The van der Waals surface area contributed by atoms with E-state index in [1.165, 1.54) is 6.07 Å². The lowest BCUT2D eigenvalue weighted by Gasteiger charge is -2.11. The van der Waals surface area contributed by atoms with E-state index in [2.05, 4.69) is 5.32 Å². The second kappa shape index (κ2) is 6.55. The first-order valence-electron chi connectivity index (χ1n) is 5.30. The van der Waals surface area contributed by atoms with Crippen LogP contribution in [-0.2, 0) is 14.8 Å². The van der Waals surface area contributed by atoms with E-state index >= 15 is 0 Å². The number of anilines is 2. The quantitative estimate of drug-likeness (QED) is 0.386. The predicted molar refractivity (Wildman–Crippen MR) is 68.6 cm³/mol. The van der Waals surface area contributed by atoms with Gasteiger partial charge in [-0.15, -0.1) is 0 Å². The Bertz CT molecular complexity index is 490. The van der Waals surface area contributed by atoms with Gasteiger partial charge in [-0.2, -0.15) is 0 Å². The summed E-state index contributed by atoms with van der Waals surface area (Å²) in [7, 11) is -3.82. The SMILES string of the molecule is Nc1c(NCCOCCO)cccc1S(N)(=O)=O. The van der Waals surface area contributed by atoms with Gasteiger partial charge in [0, 0.05) is 6.54 Å². The van der Waals surface area contributed by atoms with Crippen molar-refractivity contribution in [2.24, 2.45) is 5.14 Å². The number of rotatable bonds is 7. The number of para-hydroxylation sites is 1. The number of hydrogen-bond donors (Lipinski definition) is 4. The number of aliphatic hydroxyl groups excluding tert-OH is 1. The van der Waals surface area contributed by atoms with Crippen LogP contribution in [0.3, 0.4) is 0 Å². The summed E-state index contributed by atoms with van der Waals surface area (Å²) in [5.74, 6) is 0. The molecule has 0 saturated heterocycles. The summed E-state index contributed by atoms with van der Waals surface area (Å²) < 4.78 is 27.5. The normalized spacial score (nSPS) is 11.4. The number of benzene rings is 1. The third kappa shape index (κ3) is 4.15. The maximum absolute atomic E-state index is 11.2. The summed E-state index contributed by atoms with van der Waals surface area (Å²) in [4.78, 5) is -0.108. The van der Waals surface area contributed by atoms with Gasteiger partial charge in [-0.1, -0.05) is 6.07 Å². The standard InChI is InChI=1S/C10H17N3O4S/c11-10-8(13-4-6-17-7-5-14)2-1-3-9(10)18(12,15)16/h1-3,13-14H,4-7,11H2,(H2,12,15,16). The Balaban J connectivity index is 2.67. The fraction of sp³-hybridized carbons (Fsp3) is 0.400. The number of nitrogens with one attached hydrogen (secondary N) is 1. The van der Waals surface area contributed by atoms with Gasteiger partial charge in [0.05, 0.1) is 31.2 Å². The fourth-order valence-corrected chi connectivity index (χ4v) is 2.06. The van der Waals surface area contributed by atoms with Gasteiger partial charge in [-0.05, 0) is 12.1 Å². The highest BCUT2D eigenvalue weighted by Gasteiger charge is 2.14. The molecule has 8 heteroatoms. The molecule has 1 aromatic rings. The van der Waals surface area contributed by atoms with E-state index in [4.69, 9.17) is 20.7 Å². The second-order valence-corrected chi connectivity index (χ2v) is 5.05. The van der Waals surface area contributed by atoms with Crippen molar-refractivity contribution in [2.75, 3.05) is 37.4 Å². The van der Waals surface area contributed by atoms with Gasteiger partial charge in [0.1, 0.15) is 4.90 Å². The molecule has 7 nitrogen and oxygen atoms in total. The lowest BCUT2D eigenvalue weighted by Crippen LogP contribution is -2.17. The van der Waals surface area contributed by atoms with Crippen LogP contribution in [0.1, 0.15) is 0 Å². The third-order valence-electron chi connectivity index (χ3n) is 2.17. The molecule has 0 saturated carbocycles. The lowest BCUT2D eigenvalue weighted by atomic mass is 10.2. The topological polar surface area (TPSA) is 128 Å². The Morgan fingerprint density at radius 1 is 1.33 bits per heavy atom. The molecule has 102 valence electrons. The number of aliphatic hydroxyl groups is 1. The molecular formula is C10H17N3O4S. The molecule has 0 aliphatic carbocycles. The molecular weight excluding hydrogens is 258 g/mol. The van der Waals surface area contributed by atoms with Crippen molar-refractivity contribution >= 4 is 21.4 Å². The van der Waals surface area contributed by atoms with Crippen molar-refractivity contribution in [3.05, 3.63) is 18.2 Å². The molecule has 1 aromatic carbocycles. The van der Waals surface area contributed by atoms with Crippen molar-refractivity contribution < 1.29 is 18.3 Å². The summed E-state index contributed by atoms with van der Waals surface area (Å²) in [5, 5.41) is 16.5. The minimum atomic E-state index is -3.82. The van der Waals surface area contributed by atoms with E-state index in [9.17, 15) is 8.42 Å². The molecule has 0 bridgehead atoms. The number of sulfonamides is 1. The maximum atomic E-state index is 11.2. The molecule has 0 radical (unpaired) electrons. The summed E-state index contributed by atoms with van der Waals surface area (Å²) in [5.41, 5.74) is 6.27. The molecule has 0 amide bonds. The van der Waals surface area contributed by atoms with E-state index < -0.39 is 10.0 Å². The van der Waals surface area contributed by atoms with Gasteiger partial charge < -0.3 is 20.9 Å². The molecule has 6 N–H and O–H groups in total. The summed E-state index contributed by atoms with van der Waals surface area (Å²) >= 11 is 0. The Labute approximate surface area is 106 Å². The zero-order valence-corrected chi connectivity index (χ0v) is 10.6. The largest absolute Gasteiger partial charge is 0.396 e. The Kier molecular flexibility index (Phi) is 5.35. The van der Waals surface area contributed by atoms with E-state index in [0.29, 0.717) is 18.8 Å². The maximum Gasteiger partial charge on any atom is 0.240 e. The first-order valence-corrected chi connectivity index (χ1v) is 6.85. The number of primary sulfonamides is 1. The molecule has 0 aromatic heterocycles. The monoisotopic (exact) mass is 275 g/mol. The van der Waals surface area contributed by atoms with Crippen molar-refractivity contribution in [1.82, 2.24) is 0 Å². The first kappa shape index (κ1) is 14.7. The summed E-state index contributed by atoms with van der Waals surface area (Å²) in [6.45, 7) is 1.04. The second-order valence-electron chi connectivity index (χ2n) is 3.53. The average Bonchev–Trinajstić information content (AvgIpc) is 2.29. The molecule has 0 fully saturated rings. The van der Waals surface area contributed by atoms with Crippen LogP contribution >= 0.6 is 0 Å². The van der Waals surface area contributed by atoms with Crippen LogP contribution in [0, 0.1) is 0 Å². The zero-order chi connectivity index (χ0) is 13.6.